The van der Waals surface area contributed by atoms with E-state index in [1.54, 1.807) is 11.3 Å². The van der Waals surface area contributed by atoms with E-state index in [2.05, 4.69) is 42.1 Å². The summed E-state index contributed by atoms with van der Waals surface area (Å²) in [6.07, 6.45) is 4.99. The van der Waals surface area contributed by atoms with Gasteiger partial charge in [0.15, 0.2) is 0 Å². The Bertz CT molecular complexity index is 1250. The van der Waals surface area contributed by atoms with Crippen LogP contribution in [0.15, 0.2) is 83.2 Å². The van der Waals surface area contributed by atoms with Gasteiger partial charge in [0.05, 0.1) is 35.0 Å². The number of rotatable bonds is 8. The number of benzene rings is 2. The van der Waals surface area contributed by atoms with Gasteiger partial charge in [0, 0.05) is 4.88 Å². The molecule has 0 radical (unpaired) electrons. The van der Waals surface area contributed by atoms with E-state index in [1.807, 2.05) is 61.5 Å². The summed E-state index contributed by atoms with van der Waals surface area (Å²) in [5, 5.41) is 20.0. The Morgan fingerprint density at radius 1 is 1.11 bits per heavy atom. The van der Waals surface area contributed by atoms with Gasteiger partial charge >= 0.3 is 0 Å². The van der Waals surface area contributed by atoms with Gasteiger partial charge in [-0.2, -0.15) is 10.5 Å². The van der Waals surface area contributed by atoms with E-state index >= 15 is 0 Å². The molecular formula is C30H32N4S. The van der Waals surface area contributed by atoms with Gasteiger partial charge in [-0.1, -0.05) is 68.0 Å². The summed E-state index contributed by atoms with van der Waals surface area (Å²) in [6, 6.07) is 24.4. The van der Waals surface area contributed by atoms with Gasteiger partial charge in [0.2, 0.25) is 0 Å². The van der Waals surface area contributed by atoms with Crippen molar-refractivity contribution in [1.82, 2.24) is 0 Å². The minimum atomic E-state index is -0.110. The van der Waals surface area contributed by atoms with Gasteiger partial charge in [-0.15, -0.1) is 11.3 Å². The van der Waals surface area contributed by atoms with Crippen LogP contribution in [-0.4, -0.2) is 5.84 Å². The normalized spacial score (nSPS) is 14.6. The topological polar surface area (TPSA) is 86.0 Å². The number of nitrogens with zero attached hydrogens (tertiary/aromatic N) is 3. The first kappa shape index (κ1) is 25.9. The molecule has 0 spiro atoms. The molecule has 1 fully saturated rings. The molecule has 1 unspecified atom stereocenters. The zero-order chi connectivity index (χ0) is 25.3. The maximum absolute atomic E-state index is 9.06. The van der Waals surface area contributed by atoms with Gasteiger partial charge < -0.3 is 5.73 Å². The molecule has 1 atom stereocenters. The minimum absolute atomic E-state index is 0.0203. The summed E-state index contributed by atoms with van der Waals surface area (Å²) < 4.78 is 0. The number of nitrogens with two attached hydrogens (primary N) is 1. The molecule has 0 bridgehead atoms. The second kappa shape index (κ2) is 12.2. The second-order valence-corrected chi connectivity index (χ2v) is 9.92. The van der Waals surface area contributed by atoms with Crippen LogP contribution in [0.5, 0.6) is 0 Å². The largest absolute Gasteiger partial charge is 0.388 e. The van der Waals surface area contributed by atoms with Gasteiger partial charge in [0.25, 0.3) is 0 Å². The van der Waals surface area contributed by atoms with Crippen LogP contribution < -0.4 is 5.73 Å². The van der Waals surface area contributed by atoms with Crippen LogP contribution in [0.1, 0.15) is 68.0 Å². The van der Waals surface area contributed by atoms with Gasteiger partial charge in [-0.05, 0) is 72.9 Å². The average molecular weight is 481 g/mol. The van der Waals surface area contributed by atoms with Gasteiger partial charge in [-0.3, -0.25) is 4.99 Å². The quantitative estimate of drug-likeness (QED) is 0.204. The smallest absolute Gasteiger partial charge is 0.0991 e. The molecule has 0 aliphatic heterocycles. The summed E-state index contributed by atoms with van der Waals surface area (Å²) >= 11 is 1.68. The Balaban J connectivity index is 0.000000256. The highest BCUT2D eigenvalue weighted by atomic mass is 32.1. The fourth-order valence-corrected chi connectivity index (χ4v) is 4.93. The van der Waals surface area contributed by atoms with Gasteiger partial charge in [-0.25, -0.2) is 0 Å². The monoisotopic (exact) mass is 480 g/mol. The van der Waals surface area contributed by atoms with Crippen LogP contribution in [0, 0.1) is 22.7 Å². The number of nitriles is 2. The minimum Gasteiger partial charge on any atom is -0.388 e. The van der Waals surface area contributed by atoms with Crippen LogP contribution in [0.25, 0.3) is 11.1 Å². The van der Waals surface area contributed by atoms with Crippen molar-refractivity contribution in [3.05, 3.63) is 94.2 Å². The number of amidine groups is 1. The molecule has 1 aliphatic rings. The van der Waals surface area contributed by atoms with Gasteiger partial charge in [0.1, 0.15) is 0 Å². The molecular weight excluding hydrogens is 448 g/mol. The third kappa shape index (κ3) is 7.15. The first-order valence-electron chi connectivity index (χ1n) is 11.9. The highest BCUT2D eigenvalue weighted by Gasteiger charge is 2.44. The van der Waals surface area contributed by atoms with Crippen LogP contribution in [0.3, 0.4) is 0 Å². The molecule has 35 heavy (non-hydrogen) atoms. The molecule has 2 N–H and O–H groups in total. The molecule has 4 rings (SSSR count). The molecule has 0 amide bonds. The lowest BCUT2D eigenvalue weighted by atomic mass is 9.98. The summed E-state index contributed by atoms with van der Waals surface area (Å²) in [5.74, 6) is 0.589. The molecule has 3 aromatic rings. The Morgan fingerprint density at radius 2 is 1.86 bits per heavy atom. The highest BCUT2D eigenvalue weighted by molar-refractivity contribution is 7.10. The lowest BCUT2D eigenvalue weighted by Gasteiger charge is -2.13. The fraction of sp³-hybridized carbons (Fsp3) is 0.300. The standard InChI is InChI=1S/C20H23N3S.C10H9N/c1-4-6-14(2)9-19(23-15(3)22)20-11-18(13-24-20)17-8-5-7-16(10-17)12-21;11-8-10(6-7-10)9-4-2-1-3-5-9/h5,7-8,10-11,13,19H,2,4,6,9H2,1,3H3,(H2,22,23);1-5H,6-7H2. The first-order chi connectivity index (χ1) is 16.9. The van der Waals surface area contributed by atoms with Crippen LogP contribution in [0.4, 0.5) is 0 Å². The molecule has 0 saturated heterocycles. The zero-order valence-corrected chi connectivity index (χ0v) is 21.3. The average Bonchev–Trinajstić information content (AvgIpc) is 3.52. The summed E-state index contributed by atoms with van der Waals surface area (Å²) in [7, 11) is 0. The summed E-state index contributed by atoms with van der Waals surface area (Å²) in [5.41, 5.74) is 10.9. The number of aliphatic imine (C=N–C) groups is 1. The predicted octanol–water partition coefficient (Wildman–Crippen LogP) is 7.69. The Kier molecular flexibility index (Phi) is 9.01. The van der Waals surface area contributed by atoms with Crippen molar-refractivity contribution in [3.63, 3.8) is 0 Å². The Hall–Kier alpha value is -3.67. The van der Waals surface area contributed by atoms with E-state index in [9.17, 15) is 0 Å². The van der Waals surface area contributed by atoms with E-state index in [4.69, 9.17) is 16.3 Å². The molecule has 4 nitrogen and oxygen atoms in total. The predicted molar refractivity (Wildman–Crippen MR) is 146 cm³/mol. The molecule has 5 heteroatoms. The molecule has 1 saturated carbocycles. The summed E-state index contributed by atoms with van der Waals surface area (Å²) in [6.45, 7) is 8.14. The Morgan fingerprint density at radius 3 is 2.46 bits per heavy atom. The SMILES string of the molecule is C=C(CCC)CC(N=C(C)N)c1cc(-c2cccc(C#N)c2)cs1.N#CC1(c2ccccc2)CC1. The van der Waals surface area contributed by atoms with Crippen molar-refractivity contribution in [1.29, 1.82) is 10.5 Å². The summed E-state index contributed by atoms with van der Waals surface area (Å²) in [4.78, 5) is 5.78. The van der Waals surface area contributed by atoms with Crippen LogP contribution in [-0.2, 0) is 5.41 Å². The van der Waals surface area contributed by atoms with Crippen molar-refractivity contribution in [2.45, 2.75) is 57.4 Å². The maximum atomic E-state index is 9.06. The lowest BCUT2D eigenvalue weighted by Crippen LogP contribution is -2.08. The van der Waals surface area contributed by atoms with Crippen molar-refractivity contribution >= 4 is 17.2 Å². The highest BCUT2D eigenvalue weighted by Crippen LogP contribution is 2.47. The fourth-order valence-electron chi connectivity index (χ4n) is 3.98. The van der Waals surface area contributed by atoms with E-state index in [-0.39, 0.29) is 11.5 Å². The molecule has 178 valence electrons. The third-order valence-electron chi connectivity index (χ3n) is 6.01. The van der Waals surface area contributed by atoms with Crippen LogP contribution in [0.2, 0.25) is 0 Å². The van der Waals surface area contributed by atoms with E-state index in [1.165, 1.54) is 16.0 Å². The number of thiophene rings is 1. The maximum Gasteiger partial charge on any atom is 0.0991 e. The van der Waals surface area contributed by atoms with E-state index in [0.29, 0.717) is 11.4 Å². The van der Waals surface area contributed by atoms with E-state index in [0.717, 1.165) is 43.2 Å². The first-order valence-corrected chi connectivity index (χ1v) is 12.8. The van der Waals surface area contributed by atoms with Crippen molar-refractivity contribution < 1.29 is 0 Å². The van der Waals surface area contributed by atoms with Crippen molar-refractivity contribution in [3.8, 4) is 23.3 Å². The third-order valence-corrected chi connectivity index (χ3v) is 7.04. The van der Waals surface area contributed by atoms with Crippen LogP contribution >= 0.6 is 11.3 Å². The zero-order valence-electron chi connectivity index (χ0n) is 20.5. The molecule has 1 aromatic heterocycles. The lowest BCUT2D eigenvalue weighted by molar-refractivity contribution is 0.699. The number of hydrogen-bond donors (Lipinski definition) is 1. The molecule has 1 aliphatic carbocycles. The van der Waals surface area contributed by atoms with E-state index < -0.39 is 0 Å². The van der Waals surface area contributed by atoms with Crippen molar-refractivity contribution in [2.75, 3.05) is 0 Å². The van der Waals surface area contributed by atoms with Crippen molar-refractivity contribution in [2.24, 2.45) is 10.7 Å². The number of hydrogen-bond acceptors (Lipinski definition) is 4. The Labute approximate surface area is 213 Å². The molecule has 1 heterocycles. The molecule has 2 aromatic carbocycles. The second-order valence-electron chi connectivity index (χ2n) is 8.98.